The van der Waals surface area contributed by atoms with Gasteiger partial charge < -0.3 is 16.0 Å². The lowest BCUT2D eigenvalue weighted by molar-refractivity contribution is -0.121. The summed E-state index contributed by atoms with van der Waals surface area (Å²) in [7, 11) is 0. The molecule has 28 heavy (non-hydrogen) atoms. The SMILES string of the molecule is O=C1CN(C(=O)NCC(=O)N[C@H]2CCCc3ccccc32)c2ccccc2N1. The van der Waals surface area contributed by atoms with E-state index in [-0.39, 0.29) is 30.9 Å². The van der Waals surface area contributed by atoms with Crippen molar-refractivity contribution in [3.63, 3.8) is 0 Å². The number of fused-ring (bicyclic) bond motifs is 2. The standard InChI is InChI=1S/C21H22N4O3/c26-19(23-16-10-5-7-14-6-1-2-8-15(14)16)12-22-21(28)25-13-20(27)24-17-9-3-4-11-18(17)25/h1-4,6,8-9,11,16H,5,7,10,12-13H2,(H,22,28)(H,23,26)(H,24,27)/t16-/m0/s1. The van der Waals surface area contributed by atoms with E-state index >= 15 is 0 Å². The smallest absolute Gasteiger partial charge is 0.322 e. The molecule has 0 unspecified atom stereocenters. The molecule has 0 saturated heterocycles. The van der Waals surface area contributed by atoms with Gasteiger partial charge in [0.1, 0.15) is 6.54 Å². The molecule has 3 N–H and O–H groups in total. The van der Waals surface area contributed by atoms with Crippen LogP contribution in [-0.4, -0.2) is 30.9 Å². The maximum absolute atomic E-state index is 12.6. The number of amides is 4. The van der Waals surface area contributed by atoms with Gasteiger partial charge in [-0.2, -0.15) is 0 Å². The minimum absolute atomic E-state index is 0.0316. The van der Waals surface area contributed by atoms with Gasteiger partial charge >= 0.3 is 6.03 Å². The van der Waals surface area contributed by atoms with Gasteiger partial charge in [0.05, 0.1) is 24.0 Å². The zero-order valence-electron chi connectivity index (χ0n) is 15.4. The van der Waals surface area contributed by atoms with E-state index in [4.69, 9.17) is 0 Å². The zero-order valence-corrected chi connectivity index (χ0v) is 15.4. The van der Waals surface area contributed by atoms with Crippen LogP contribution in [0.5, 0.6) is 0 Å². The molecule has 1 aliphatic heterocycles. The van der Waals surface area contributed by atoms with Gasteiger partial charge in [0.2, 0.25) is 11.8 Å². The van der Waals surface area contributed by atoms with Crippen LogP contribution < -0.4 is 20.9 Å². The molecule has 2 aromatic carbocycles. The first-order chi connectivity index (χ1) is 13.6. The molecule has 0 aromatic heterocycles. The highest BCUT2D eigenvalue weighted by molar-refractivity contribution is 6.09. The van der Waals surface area contributed by atoms with Crippen LogP contribution in [0, 0.1) is 0 Å². The van der Waals surface area contributed by atoms with Crippen LogP contribution in [0.25, 0.3) is 0 Å². The first-order valence-electron chi connectivity index (χ1n) is 9.43. The second-order valence-corrected chi connectivity index (χ2v) is 7.02. The Morgan fingerprint density at radius 1 is 1.11 bits per heavy atom. The van der Waals surface area contributed by atoms with Crippen LogP contribution in [-0.2, 0) is 16.0 Å². The Morgan fingerprint density at radius 3 is 2.79 bits per heavy atom. The molecule has 0 fully saturated rings. The fourth-order valence-corrected chi connectivity index (χ4v) is 3.81. The number of carbonyl (C=O) groups is 3. The number of urea groups is 1. The van der Waals surface area contributed by atoms with E-state index in [1.807, 2.05) is 18.2 Å². The summed E-state index contributed by atoms with van der Waals surface area (Å²) in [4.78, 5) is 38.1. The molecule has 2 aliphatic rings. The van der Waals surface area contributed by atoms with Gasteiger partial charge in [-0.15, -0.1) is 0 Å². The third kappa shape index (κ3) is 3.69. The first kappa shape index (κ1) is 18.0. The average molecular weight is 378 g/mol. The van der Waals surface area contributed by atoms with Crippen molar-refractivity contribution in [1.29, 1.82) is 0 Å². The lowest BCUT2D eigenvalue weighted by Crippen LogP contribution is -2.49. The van der Waals surface area contributed by atoms with Crippen molar-refractivity contribution in [3.05, 3.63) is 59.7 Å². The maximum Gasteiger partial charge on any atom is 0.322 e. The molecule has 4 rings (SSSR count). The van der Waals surface area contributed by atoms with Crippen LogP contribution in [0.15, 0.2) is 48.5 Å². The van der Waals surface area contributed by atoms with Crippen molar-refractivity contribution in [2.75, 3.05) is 23.3 Å². The molecule has 4 amide bonds. The van der Waals surface area contributed by atoms with E-state index < -0.39 is 6.03 Å². The van der Waals surface area contributed by atoms with Gasteiger partial charge in [-0.1, -0.05) is 36.4 Å². The zero-order chi connectivity index (χ0) is 19.5. The van der Waals surface area contributed by atoms with E-state index in [0.717, 1.165) is 24.8 Å². The number of benzene rings is 2. The number of hydrogen-bond acceptors (Lipinski definition) is 3. The molecule has 1 aliphatic carbocycles. The molecule has 7 heteroatoms. The number of nitrogens with one attached hydrogen (secondary N) is 3. The van der Waals surface area contributed by atoms with Crippen molar-refractivity contribution >= 4 is 29.2 Å². The van der Waals surface area contributed by atoms with Crippen molar-refractivity contribution in [2.24, 2.45) is 0 Å². The maximum atomic E-state index is 12.6. The van der Waals surface area contributed by atoms with Gasteiger partial charge in [-0.05, 0) is 42.5 Å². The number of aryl methyl sites for hydroxylation is 1. The Bertz CT molecular complexity index is 927. The monoisotopic (exact) mass is 378 g/mol. The molecule has 144 valence electrons. The third-order valence-electron chi connectivity index (χ3n) is 5.12. The minimum atomic E-state index is -0.471. The second-order valence-electron chi connectivity index (χ2n) is 7.02. The van der Waals surface area contributed by atoms with Crippen molar-refractivity contribution in [1.82, 2.24) is 10.6 Å². The highest BCUT2D eigenvalue weighted by Gasteiger charge is 2.27. The number of carbonyl (C=O) groups excluding carboxylic acids is 3. The fourth-order valence-electron chi connectivity index (χ4n) is 3.81. The summed E-state index contributed by atoms with van der Waals surface area (Å²) in [6, 6.07) is 14.7. The predicted molar refractivity (Wildman–Crippen MR) is 106 cm³/mol. The summed E-state index contributed by atoms with van der Waals surface area (Å²) in [6.07, 6.45) is 2.93. The third-order valence-corrected chi connectivity index (χ3v) is 5.12. The number of hydrogen-bond donors (Lipinski definition) is 3. The fraction of sp³-hybridized carbons (Fsp3) is 0.286. The Labute approximate surface area is 163 Å². The van der Waals surface area contributed by atoms with E-state index in [1.165, 1.54) is 10.5 Å². The largest absolute Gasteiger partial charge is 0.348 e. The summed E-state index contributed by atoms with van der Waals surface area (Å²) in [5, 5.41) is 8.37. The molecule has 0 bridgehead atoms. The van der Waals surface area contributed by atoms with E-state index in [9.17, 15) is 14.4 Å². The highest BCUT2D eigenvalue weighted by Crippen LogP contribution is 2.30. The van der Waals surface area contributed by atoms with Gasteiger partial charge in [-0.3, -0.25) is 14.5 Å². The molecule has 0 saturated carbocycles. The van der Waals surface area contributed by atoms with E-state index in [2.05, 4.69) is 22.0 Å². The van der Waals surface area contributed by atoms with Gasteiger partial charge in [0.25, 0.3) is 0 Å². The lowest BCUT2D eigenvalue weighted by Gasteiger charge is -2.29. The number of rotatable bonds is 3. The highest BCUT2D eigenvalue weighted by atomic mass is 16.2. The summed E-state index contributed by atoms with van der Waals surface area (Å²) >= 11 is 0. The predicted octanol–water partition coefficient (Wildman–Crippen LogP) is 2.35. The molecular formula is C21H22N4O3. The Morgan fingerprint density at radius 2 is 1.89 bits per heavy atom. The number of para-hydroxylation sites is 2. The van der Waals surface area contributed by atoms with Crippen LogP contribution in [0.1, 0.15) is 30.0 Å². The molecule has 7 nitrogen and oxygen atoms in total. The Kier molecular flexibility index (Phi) is 4.97. The van der Waals surface area contributed by atoms with E-state index in [0.29, 0.717) is 11.4 Å². The van der Waals surface area contributed by atoms with Crippen LogP contribution in [0.3, 0.4) is 0 Å². The van der Waals surface area contributed by atoms with Crippen molar-refractivity contribution < 1.29 is 14.4 Å². The normalized spacial score (nSPS) is 17.8. The van der Waals surface area contributed by atoms with Gasteiger partial charge in [-0.25, -0.2) is 4.79 Å². The van der Waals surface area contributed by atoms with Crippen LogP contribution in [0.2, 0.25) is 0 Å². The Balaban J connectivity index is 1.37. The first-order valence-corrected chi connectivity index (χ1v) is 9.43. The van der Waals surface area contributed by atoms with E-state index in [1.54, 1.807) is 24.3 Å². The minimum Gasteiger partial charge on any atom is -0.348 e. The summed E-state index contributed by atoms with van der Waals surface area (Å²) < 4.78 is 0. The summed E-state index contributed by atoms with van der Waals surface area (Å²) in [6.45, 7) is -0.224. The molecule has 0 spiro atoms. The Hall–Kier alpha value is -3.35. The number of anilines is 2. The van der Waals surface area contributed by atoms with Gasteiger partial charge in [0, 0.05) is 0 Å². The summed E-state index contributed by atoms with van der Waals surface area (Å²) in [5.41, 5.74) is 3.60. The molecule has 2 aromatic rings. The van der Waals surface area contributed by atoms with Crippen LogP contribution >= 0.6 is 0 Å². The molecule has 1 atom stereocenters. The van der Waals surface area contributed by atoms with Gasteiger partial charge in [0.15, 0.2) is 0 Å². The lowest BCUT2D eigenvalue weighted by atomic mass is 9.88. The van der Waals surface area contributed by atoms with Crippen molar-refractivity contribution in [3.8, 4) is 0 Å². The summed E-state index contributed by atoms with van der Waals surface area (Å²) in [5.74, 6) is -0.512. The quantitative estimate of drug-likeness (QED) is 0.766. The topological polar surface area (TPSA) is 90.5 Å². The number of nitrogens with zero attached hydrogens (tertiary/aromatic N) is 1. The second kappa shape index (κ2) is 7.72. The van der Waals surface area contributed by atoms with Crippen molar-refractivity contribution in [2.45, 2.75) is 25.3 Å². The molecule has 0 radical (unpaired) electrons. The van der Waals surface area contributed by atoms with Crippen LogP contribution in [0.4, 0.5) is 16.2 Å². The molecular weight excluding hydrogens is 356 g/mol. The molecule has 1 heterocycles. The average Bonchev–Trinajstić information content (AvgIpc) is 2.71.